The molecule has 0 fully saturated rings. The van der Waals surface area contributed by atoms with Gasteiger partial charge in [0.2, 0.25) is 0 Å². The monoisotopic (exact) mass is 241 g/mol. The van der Waals surface area contributed by atoms with Gasteiger partial charge >= 0.3 is 0 Å². The van der Waals surface area contributed by atoms with Crippen LogP contribution < -0.4 is 10.5 Å². The molecule has 0 radical (unpaired) electrons. The first-order chi connectivity index (χ1) is 8.56. The number of rotatable bonds is 3. The highest BCUT2D eigenvalue weighted by Crippen LogP contribution is 2.31. The number of hydrogen-bond donors (Lipinski definition) is 1. The first-order valence-corrected chi connectivity index (χ1v) is 6.20. The second-order valence-corrected chi connectivity index (χ2v) is 4.87. The molecule has 0 aliphatic rings. The van der Waals surface area contributed by atoms with Crippen molar-refractivity contribution >= 4 is 5.69 Å². The summed E-state index contributed by atoms with van der Waals surface area (Å²) in [6, 6.07) is 13.8. The van der Waals surface area contributed by atoms with Crippen LogP contribution in [0.25, 0.3) is 0 Å². The van der Waals surface area contributed by atoms with Crippen molar-refractivity contribution in [3.05, 3.63) is 53.6 Å². The Balaban J connectivity index is 2.36. The smallest absolute Gasteiger partial charge is 0.131 e. The SMILES string of the molecule is Cc1ccc(C(C)C)c(Oc2cccc(N)c2)c1. The minimum Gasteiger partial charge on any atom is -0.457 e. The lowest BCUT2D eigenvalue weighted by Gasteiger charge is -2.14. The largest absolute Gasteiger partial charge is 0.457 e. The molecule has 0 aliphatic heterocycles. The summed E-state index contributed by atoms with van der Waals surface area (Å²) in [6.07, 6.45) is 0. The van der Waals surface area contributed by atoms with Crippen molar-refractivity contribution in [2.24, 2.45) is 0 Å². The van der Waals surface area contributed by atoms with Crippen molar-refractivity contribution < 1.29 is 4.74 Å². The van der Waals surface area contributed by atoms with E-state index in [2.05, 4.69) is 39.0 Å². The molecule has 0 aromatic heterocycles. The first-order valence-electron chi connectivity index (χ1n) is 6.20. The molecule has 0 spiro atoms. The zero-order valence-electron chi connectivity index (χ0n) is 11.1. The van der Waals surface area contributed by atoms with Crippen LogP contribution in [0.15, 0.2) is 42.5 Å². The van der Waals surface area contributed by atoms with E-state index in [9.17, 15) is 0 Å². The standard InChI is InChI=1S/C16H19NO/c1-11(2)15-8-7-12(3)9-16(15)18-14-6-4-5-13(17)10-14/h4-11H,17H2,1-3H3. The molecule has 0 aliphatic carbocycles. The van der Waals surface area contributed by atoms with Crippen LogP contribution in [0, 0.1) is 6.92 Å². The van der Waals surface area contributed by atoms with Crippen LogP contribution in [0.4, 0.5) is 5.69 Å². The van der Waals surface area contributed by atoms with E-state index in [1.165, 1.54) is 11.1 Å². The third-order valence-electron chi connectivity index (χ3n) is 2.88. The summed E-state index contributed by atoms with van der Waals surface area (Å²) >= 11 is 0. The summed E-state index contributed by atoms with van der Waals surface area (Å²) in [5.41, 5.74) is 8.88. The van der Waals surface area contributed by atoms with Gasteiger partial charge in [-0.25, -0.2) is 0 Å². The van der Waals surface area contributed by atoms with E-state index in [-0.39, 0.29) is 0 Å². The molecule has 0 unspecified atom stereocenters. The van der Waals surface area contributed by atoms with Gasteiger partial charge in [0, 0.05) is 11.8 Å². The molecule has 2 N–H and O–H groups in total. The molecular weight excluding hydrogens is 222 g/mol. The maximum Gasteiger partial charge on any atom is 0.131 e. The van der Waals surface area contributed by atoms with Crippen LogP contribution in [-0.4, -0.2) is 0 Å². The normalized spacial score (nSPS) is 10.7. The number of nitrogen functional groups attached to an aromatic ring is 1. The summed E-state index contributed by atoms with van der Waals surface area (Å²) in [5.74, 6) is 2.12. The van der Waals surface area contributed by atoms with E-state index in [1.54, 1.807) is 0 Å². The molecule has 2 aromatic rings. The molecule has 0 atom stereocenters. The van der Waals surface area contributed by atoms with Gasteiger partial charge in [-0.3, -0.25) is 0 Å². The third kappa shape index (κ3) is 2.83. The fraction of sp³-hybridized carbons (Fsp3) is 0.250. The van der Waals surface area contributed by atoms with E-state index in [1.807, 2.05) is 24.3 Å². The zero-order valence-corrected chi connectivity index (χ0v) is 11.1. The maximum atomic E-state index is 5.95. The topological polar surface area (TPSA) is 35.2 Å². The number of benzene rings is 2. The molecule has 0 heterocycles. The lowest BCUT2D eigenvalue weighted by molar-refractivity contribution is 0.473. The van der Waals surface area contributed by atoms with E-state index in [0.29, 0.717) is 11.6 Å². The number of hydrogen-bond acceptors (Lipinski definition) is 2. The number of aryl methyl sites for hydroxylation is 1. The Labute approximate surface area is 108 Å². The average Bonchev–Trinajstić information content (AvgIpc) is 2.28. The van der Waals surface area contributed by atoms with Crippen molar-refractivity contribution in [3.8, 4) is 11.5 Å². The summed E-state index contributed by atoms with van der Waals surface area (Å²) < 4.78 is 5.95. The lowest BCUT2D eigenvalue weighted by Crippen LogP contribution is -1.95. The summed E-state index contributed by atoms with van der Waals surface area (Å²) in [5, 5.41) is 0. The molecule has 18 heavy (non-hydrogen) atoms. The van der Waals surface area contributed by atoms with Gasteiger partial charge in [0.15, 0.2) is 0 Å². The molecule has 0 saturated carbocycles. The third-order valence-corrected chi connectivity index (χ3v) is 2.88. The maximum absolute atomic E-state index is 5.95. The molecule has 2 rings (SSSR count). The summed E-state index contributed by atoms with van der Waals surface area (Å²) in [4.78, 5) is 0. The van der Waals surface area contributed by atoms with Crippen molar-refractivity contribution in [3.63, 3.8) is 0 Å². The number of ether oxygens (including phenoxy) is 1. The van der Waals surface area contributed by atoms with E-state index in [0.717, 1.165) is 11.5 Å². The van der Waals surface area contributed by atoms with Gasteiger partial charge in [0.05, 0.1) is 0 Å². The second kappa shape index (κ2) is 5.13. The molecule has 0 amide bonds. The molecule has 0 saturated heterocycles. The van der Waals surface area contributed by atoms with Crippen molar-refractivity contribution in [2.45, 2.75) is 26.7 Å². The Morgan fingerprint density at radius 3 is 2.50 bits per heavy atom. The fourth-order valence-electron chi connectivity index (χ4n) is 1.91. The van der Waals surface area contributed by atoms with E-state index in [4.69, 9.17) is 10.5 Å². The van der Waals surface area contributed by atoms with E-state index < -0.39 is 0 Å². The Kier molecular flexibility index (Phi) is 3.56. The fourth-order valence-corrected chi connectivity index (χ4v) is 1.91. The van der Waals surface area contributed by atoms with Crippen LogP contribution >= 0.6 is 0 Å². The second-order valence-electron chi connectivity index (χ2n) is 4.87. The number of nitrogens with two attached hydrogens (primary N) is 1. The molecular formula is C16H19NO. The molecule has 2 nitrogen and oxygen atoms in total. The Morgan fingerprint density at radius 2 is 1.83 bits per heavy atom. The van der Waals surface area contributed by atoms with Crippen LogP contribution in [0.5, 0.6) is 11.5 Å². The molecule has 2 aromatic carbocycles. The predicted octanol–water partition coefficient (Wildman–Crippen LogP) is 4.49. The zero-order chi connectivity index (χ0) is 13.1. The number of anilines is 1. The van der Waals surface area contributed by atoms with Crippen LogP contribution in [0.1, 0.15) is 30.9 Å². The average molecular weight is 241 g/mol. The van der Waals surface area contributed by atoms with Crippen LogP contribution in [-0.2, 0) is 0 Å². The molecule has 94 valence electrons. The Hall–Kier alpha value is -1.96. The highest BCUT2D eigenvalue weighted by atomic mass is 16.5. The van der Waals surface area contributed by atoms with Gasteiger partial charge in [0.25, 0.3) is 0 Å². The van der Waals surface area contributed by atoms with Crippen LogP contribution in [0.3, 0.4) is 0 Å². The van der Waals surface area contributed by atoms with Crippen LogP contribution in [0.2, 0.25) is 0 Å². The Bertz CT molecular complexity index is 547. The van der Waals surface area contributed by atoms with Crippen molar-refractivity contribution in [2.75, 3.05) is 5.73 Å². The Morgan fingerprint density at radius 1 is 1.06 bits per heavy atom. The van der Waals surface area contributed by atoms with Gasteiger partial charge in [-0.1, -0.05) is 32.0 Å². The highest BCUT2D eigenvalue weighted by molar-refractivity contribution is 5.47. The minimum atomic E-state index is 0.432. The van der Waals surface area contributed by atoms with E-state index >= 15 is 0 Å². The molecule has 2 heteroatoms. The van der Waals surface area contributed by atoms with Gasteiger partial charge in [-0.2, -0.15) is 0 Å². The van der Waals surface area contributed by atoms with Crippen molar-refractivity contribution in [1.29, 1.82) is 0 Å². The lowest BCUT2D eigenvalue weighted by atomic mass is 10.0. The summed E-state index contributed by atoms with van der Waals surface area (Å²) in [6.45, 7) is 6.39. The van der Waals surface area contributed by atoms with Gasteiger partial charge in [0.1, 0.15) is 11.5 Å². The van der Waals surface area contributed by atoms with Gasteiger partial charge < -0.3 is 10.5 Å². The minimum absolute atomic E-state index is 0.432. The molecule has 0 bridgehead atoms. The predicted molar refractivity (Wildman–Crippen MR) is 76.2 cm³/mol. The quantitative estimate of drug-likeness (QED) is 0.803. The summed E-state index contributed by atoms with van der Waals surface area (Å²) in [7, 11) is 0. The van der Waals surface area contributed by atoms with Gasteiger partial charge in [-0.15, -0.1) is 0 Å². The highest BCUT2D eigenvalue weighted by Gasteiger charge is 2.09. The van der Waals surface area contributed by atoms with Gasteiger partial charge in [-0.05, 0) is 42.2 Å². The first kappa shape index (κ1) is 12.5. The van der Waals surface area contributed by atoms with Crippen molar-refractivity contribution in [1.82, 2.24) is 0 Å².